The van der Waals surface area contributed by atoms with E-state index in [9.17, 15) is 17.6 Å². The number of aryl methyl sites for hydroxylation is 1. The zero-order valence-corrected chi connectivity index (χ0v) is 17.3. The van der Waals surface area contributed by atoms with Crippen LogP contribution >= 0.6 is 0 Å². The summed E-state index contributed by atoms with van der Waals surface area (Å²) in [6.45, 7) is 1.31. The lowest BCUT2D eigenvalue weighted by Gasteiger charge is -2.21. The van der Waals surface area contributed by atoms with E-state index >= 15 is 0 Å². The van der Waals surface area contributed by atoms with Crippen LogP contribution in [0.1, 0.15) is 16.9 Å². The van der Waals surface area contributed by atoms with Gasteiger partial charge in [-0.2, -0.15) is 9.40 Å². The van der Waals surface area contributed by atoms with Crippen LogP contribution in [-0.4, -0.2) is 64.5 Å². The highest BCUT2D eigenvalue weighted by Gasteiger charge is 2.29. The summed E-state index contributed by atoms with van der Waals surface area (Å²) in [5, 5.41) is 3.94. The number of benzene rings is 1. The van der Waals surface area contributed by atoms with Crippen LogP contribution in [0.2, 0.25) is 0 Å². The molecule has 3 aromatic rings. The number of sulfonamides is 1. The first-order chi connectivity index (χ1) is 14.3. The van der Waals surface area contributed by atoms with E-state index in [1.165, 1.54) is 33.5 Å². The number of rotatable bonds is 4. The number of carbonyl (C=O) groups excluding carboxylic acids is 1. The number of carbonyl (C=O) groups is 1. The van der Waals surface area contributed by atoms with Crippen LogP contribution in [-0.2, 0) is 17.1 Å². The molecule has 4 rings (SSSR count). The molecule has 1 aromatic carbocycles. The highest BCUT2D eigenvalue weighted by Crippen LogP contribution is 2.22. The van der Waals surface area contributed by atoms with Gasteiger partial charge in [-0.1, -0.05) is 12.1 Å². The molecule has 1 aliphatic rings. The number of nitrogens with zero attached hydrogens (tertiary/aromatic N) is 4. The van der Waals surface area contributed by atoms with Crippen molar-refractivity contribution in [3.63, 3.8) is 0 Å². The molecule has 0 radical (unpaired) electrons. The average Bonchev–Trinajstić information content (AvgIpc) is 3.31. The Hall–Kier alpha value is -2.98. The summed E-state index contributed by atoms with van der Waals surface area (Å²) in [5.74, 6) is -0.509. The van der Waals surface area contributed by atoms with Gasteiger partial charge in [0.05, 0.1) is 6.20 Å². The van der Waals surface area contributed by atoms with Crippen molar-refractivity contribution >= 4 is 15.9 Å². The maximum atomic E-state index is 13.1. The van der Waals surface area contributed by atoms with Crippen LogP contribution in [0.15, 0.2) is 53.8 Å². The third-order valence-corrected chi connectivity index (χ3v) is 7.00. The maximum Gasteiger partial charge on any atom is 0.270 e. The predicted molar refractivity (Wildman–Crippen MR) is 109 cm³/mol. The Balaban J connectivity index is 1.46. The minimum atomic E-state index is -3.64. The van der Waals surface area contributed by atoms with Crippen molar-refractivity contribution in [3.8, 4) is 11.1 Å². The standard InChI is InChI=1S/C20H22FN5O3S/c1-24-14-18(13-23-24)30(28,29)26-8-2-7-25(9-10-26)20(27)19-11-16(12-22-19)15-3-5-17(21)6-4-15/h3-6,11-14,22H,2,7-10H2,1H3. The van der Waals surface area contributed by atoms with E-state index in [-0.39, 0.29) is 23.2 Å². The highest BCUT2D eigenvalue weighted by molar-refractivity contribution is 7.89. The van der Waals surface area contributed by atoms with Gasteiger partial charge in [-0.3, -0.25) is 9.48 Å². The Kier molecular flexibility index (Phi) is 5.44. The maximum absolute atomic E-state index is 13.1. The second-order valence-corrected chi connectivity index (χ2v) is 9.15. The Labute approximate surface area is 174 Å². The van der Waals surface area contributed by atoms with E-state index in [0.717, 1.165) is 11.1 Å². The van der Waals surface area contributed by atoms with Crippen LogP contribution in [0.5, 0.6) is 0 Å². The minimum Gasteiger partial charge on any atom is -0.357 e. The number of hydrogen-bond acceptors (Lipinski definition) is 4. The summed E-state index contributed by atoms with van der Waals surface area (Å²) in [5.41, 5.74) is 2.00. The first-order valence-electron chi connectivity index (χ1n) is 9.57. The zero-order chi connectivity index (χ0) is 21.3. The van der Waals surface area contributed by atoms with Gasteiger partial charge in [-0.05, 0) is 35.7 Å². The third-order valence-electron chi connectivity index (χ3n) is 5.15. The fraction of sp³-hybridized carbons (Fsp3) is 0.300. The topological polar surface area (TPSA) is 91.3 Å². The molecule has 0 unspecified atom stereocenters. The summed E-state index contributed by atoms with van der Waals surface area (Å²) in [4.78, 5) is 17.7. The van der Waals surface area contributed by atoms with Crippen LogP contribution in [0.3, 0.4) is 0 Å². The molecular formula is C20H22FN5O3S. The van der Waals surface area contributed by atoms with Gasteiger partial charge in [0.25, 0.3) is 5.91 Å². The van der Waals surface area contributed by atoms with Crippen molar-refractivity contribution in [3.05, 3.63) is 60.4 Å². The molecule has 1 saturated heterocycles. The molecule has 0 bridgehead atoms. The molecule has 1 amide bonds. The Bertz CT molecular complexity index is 1150. The quantitative estimate of drug-likeness (QED) is 0.685. The summed E-state index contributed by atoms with van der Waals surface area (Å²) in [7, 11) is -1.98. The minimum absolute atomic E-state index is 0.151. The van der Waals surface area contributed by atoms with Crippen LogP contribution in [0.25, 0.3) is 11.1 Å². The monoisotopic (exact) mass is 431 g/mol. The third kappa shape index (κ3) is 4.01. The number of H-pyrrole nitrogens is 1. The number of nitrogens with one attached hydrogen (secondary N) is 1. The van der Waals surface area contributed by atoms with E-state index in [1.807, 2.05) is 0 Å². The molecule has 10 heteroatoms. The fourth-order valence-corrected chi connectivity index (χ4v) is 4.97. The summed E-state index contributed by atoms with van der Waals surface area (Å²) in [6, 6.07) is 7.77. The molecule has 158 valence electrons. The first kappa shape index (κ1) is 20.3. The number of amides is 1. The second kappa shape index (κ2) is 8.04. The van der Waals surface area contributed by atoms with Gasteiger partial charge in [0.2, 0.25) is 10.0 Å². The summed E-state index contributed by atoms with van der Waals surface area (Å²) < 4.78 is 41.6. The average molecular weight is 431 g/mol. The zero-order valence-electron chi connectivity index (χ0n) is 16.5. The van der Waals surface area contributed by atoms with Gasteiger partial charge in [0.15, 0.2) is 0 Å². The number of aromatic nitrogens is 3. The van der Waals surface area contributed by atoms with Crippen molar-refractivity contribution in [1.29, 1.82) is 0 Å². The van der Waals surface area contributed by atoms with Crippen molar-refractivity contribution in [2.75, 3.05) is 26.2 Å². The molecule has 2 aromatic heterocycles. The largest absolute Gasteiger partial charge is 0.357 e. The van der Waals surface area contributed by atoms with E-state index < -0.39 is 10.0 Å². The van der Waals surface area contributed by atoms with Crippen LogP contribution in [0.4, 0.5) is 4.39 Å². The van der Waals surface area contributed by atoms with Crippen molar-refractivity contribution < 1.29 is 17.6 Å². The summed E-state index contributed by atoms with van der Waals surface area (Å²) in [6.07, 6.45) is 5.05. The molecule has 30 heavy (non-hydrogen) atoms. The van der Waals surface area contributed by atoms with Gasteiger partial charge in [0.1, 0.15) is 16.4 Å². The van der Waals surface area contributed by atoms with Crippen LogP contribution in [0, 0.1) is 5.82 Å². The molecule has 3 heterocycles. The number of halogens is 1. The Morgan fingerprint density at radius 2 is 1.87 bits per heavy atom. The van der Waals surface area contributed by atoms with Gasteiger partial charge < -0.3 is 9.88 Å². The lowest BCUT2D eigenvalue weighted by molar-refractivity contribution is 0.0759. The summed E-state index contributed by atoms with van der Waals surface area (Å²) >= 11 is 0. The molecule has 0 aliphatic carbocycles. The molecule has 1 aliphatic heterocycles. The van der Waals surface area contributed by atoms with E-state index in [1.54, 1.807) is 36.3 Å². The fourth-order valence-electron chi connectivity index (χ4n) is 3.52. The SMILES string of the molecule is Cn1cc(S(=O)(=O)N2CCCN(C(=O)c3cc(-c4ccc(F)cc4)c[nH]3)CC2)cn1. The molecule has 0 atom stereocenters. The van der Waals surface area contributed by atoms with Crippen molar-refractivity contribution in [2.45, 2.75) is 11.3 Å². The molecule has 0 saturated carbocycles. The molecular weight excluding hydrogens is 409 g/mol. The Morgan fingerprint density at radius 1 is 1.10 bits per heavy atom. The van der Waals surface area contributed by atoms with E-state index in [0.29, 0.717) is 31.7 Å². The van der Waals surface area contributed by atoms with Crippen molar-refractivity contribution in [1.82, 2.24) is 24.0 Å². The second-order valence-electron chi connectivity index (χ2n) is 7.21. The number of aromatic amines is 1. The predicted octanol–water partition coefficient (Wildman–Crippen LogP) is 2.09. The van der Waals surface area contributed by atoms with E-state index in [4.69, 9.17) is 0 Å². The lowest BCUT2D eigenvalue weighted by Crippen LogP contribution is -2.37. The normalized spacial score (nSPS) is 15.9. The first-order valence-corrected chi connectivity index (χ1v) is 11.0. The van der Waals surface area contributed by atoms with Gasteiger partial charge in [-0.15, -0.1) is 0 Å². The van der Waals surface area contributed by atoms with E-state index in [2.05, 4.69) is 10.1 Å². The van der Waals surface area contributed by atoms with Crippen LogP contribution < -0.4 is 0 Å². The lowest BCUT2D eigenvalue weighted by atomic mass is 10.1. The molecule has 8 nitrogen and oxygen atoms in total. The Morgan fingerprint density at radius 3 is 2.57 bits per heavy atom. The highest BCUT2D eigenvalue weighted by atomic mass is 32.2. The molecule has 1 N–H and O–H groups in total. The smallest absolute Gasteiger partial charge is 0.270 e. The van der Waals surface area contributed by atoms with Gasteiger partial charge >= 0.3 is 0 Å². The van der Waals surface area contributed by atoms with Gasteiger partial charge in [-0.25, -0.2) is 12.8 Å². The molecule has 0 spiro atoms. The molecule has 1 fully saturated rings. The van der Waals surface area contributed by atoms with Gasteiger partial charge in [0, 0.05) is 45.6 Å². The van der Waals surface area contributed by atoms with Crippen molar-refractivity contribution in [2.24, 2.45) is 7.05 Å². The number of hydrogen-bond donors (Lipinski definition) is 1.